The molecule has 0 saturated carbocycles. The first-order valence-corrected chi connectivity index (χ1v) is 6.22. The largest absolute Gasteiger partial charge is 0.355 e. The summed E-state index contributed by atoms with van der Waals surface area (Å²) in [4.78, 5) is 11.3. The van der Waals surface area contributed by atoms with Gasteiger partial charge < -0.3 is 15.2 Å². The zero-order chi connectivity index (χ0) is 13.0. The smallest absolute Gasteiger partial charge is 0.233 e. The summed E-state index contributed by atoms with van der Waals surface area (Å²) in [6, 6.07) is 8.28. The van der Waals surface area contributed by atoms with E-state index in [4.69, 9.17) is 0 Å². The van der Waals surface area contributed by atoms with Crippen molar-refractivity contribution in [2.45, 2.75) is 13.5 Å². The van der Waals surface area contributed by atoms with Crippen molar-refractivity contribution < 1.29 is 4.79 Å². The number of benzene rings is 1. The molecule has 0 aliphatic carbocycles. The van der Waals surface area contributed by atoms with Crippen LogP contribution in [0.3, 0.4) is 0 Å². The number of hydrogen-bond acceptors (Lipinski definition) is 2. The first kappa shape index (κ1) is 12.6. The minimum atomic E-state index is 0.0396. The zero-order valence-corrected chi connectivity index (χ0v) is 10.9. The Morgan fingerprint density at radius 3 is 2.89 bits per heavy atom. The maximum Gasteiger partial charge on any atom is 0.233 e. The van der Waals surface area contributed by atoms with Gasteiger partial charge >= 0.3 is 0 Å². The molecule has 1 aromatic heterocycles. The molecule has 0 saturated heterocycles. The molecular formula is C14H19N3O. The first-order chi connectivity index (χ1) is 8.72. The molecular weight excluding hydrogens is 226 g/mol. The van der Waals surface area contributed by atoms with Gasteiger partial charge in [-0.25, -0.2) is 0 Å². The van der Waals surface area contributed by atoms with Crippen LogP contribution in [0.5, 0.6) is 0 Å². The van der Waals surface area contributed by atoms with Gasteiger partial charge in [-0.1, -0.05) is 18.2 Å². The first-order valence-electron chi connectivity index (χ1n) is 6.22. The van der Waals surface area contributed by atoms with Crippen LogP contribution in [0.4, 0.5) is 0 Å². The van der Waals surface area contributed by atoms with Crippen molar-refractivity contribution in [2.75, 3.05) is 13.1 Å². The van der Waals surface area contributed by atoms with Crippen molar-refractivity contribution in [3.05, 3.63) is 36.0 Å². The maximum absolute atomic E-state index is 11.3. The standard InChI is InChI=1S/C14H19N3O/c1-3-16-14(18)9-15-8-11-10-17(2)13-7-5-4-6-12(11)13/h4-7,10,15H,3,8-9H2,1-2H3,(H,16,18). The van der Waals surface area contributed by atoms with Crippen LogP contribution in [-0.2, 0) is 18.4 Å². The van der Waals surface area contributed by atoms with Crippen LogP contribution in [0.15, 0.2) is 30.5 Å². The van der Waals surface area contributed by atoms with Crippen molar-refractivity contribution in [2.24, 2.45) is 7.05 Å². The van der Waals surface area contributed by atoms with E-state index in [0.29, 0.717) is 19.6 Å². The quantitative estimate of drug-likeness (QED) is 0.836. The number of fused-ring (bicyclic) bond motifs is 1. The van der Waals surface area contributed by atoms with E-state index >= 15 is 0 Å². The fourth-order valence-electron chi connectivity index (χ4n) is 2.14. The summed E-state index contributed by atoms with van der Waals surface area (Å²) >= 11 is 0. The Morgan fingerprint density at radius 1 is 1.33 bits per heavy atom. The molecule has 0 fully saturated rings. The molecule has 1 aromatic carbocycles. The summed E-state index contributed by atoms with van der Waals surface area (Å²) in [6.45, 7) is 3.66. The summed E-state index contributed by atoms with van der Waals surface area (Å²) < 4.78 is 2.11. The van der Waals surface area contributed by atoms with E-state index in [1.807, 2.05) is 26.1 Å². The molecule has 4 heteroatoms. The van der Waals surface area contributed by atoms with Gasteiger partial charge in [-0.3, -0.25) is 4.79 Å². The Balaban J connectivity index is 2.02. The number of aromatic nitrogens is 1. The van der Waals surface area contributed by atoms with Crippen molar-refractivity contribution in [1.29, 1.82) is 0 Å². The number of rotatable bonds is 5. The molecule has 0 unspecified atom stereocenters. The lowest BCUT2D eigenvalue weighted by Gasteiger charge is -2.04. The normalized spacial score (nSPS) is 10.8. The highest BCUT2D eigenvalue weighted by atomic mass is 16.1. The average Bonchev–Trinajstić information content (AvgIpc) is 2.68. The number of nitrogens with zero attached hydrogens (tertiary/aromatic N) is 1. The number of amides is 1. The Labute approximate surface area is 107 Å². The lowest BCUT2D eigenvalue weighted by Crippen LogP contribution is -2.33. The van der Waals surface area contributed by atoms with Crippen LogP contribution in [0.2, 0.25) is 0 Å². The van der Waals surface area contributed by atoms with Gasteiger partial charge in [-0.05, 0) is 18.6 Å². The van der Waals surface area contributed by atoms with Gasteiger partial charge in [0, 0.05) is 37.2 Å². The molecule has 0 spiro atoms. The molecule has 0 bridgehead atoms. The minimum Gasteiger partial charge on any atom is -0.355 e. The predicted octanol–water partition coefficient (Wildman–Crippen LogP) is 1.40. The fourth-order valence-corrected chi connectivity index (χ4v) is 2.14. The third kappa shape index (κ3) is 2.71. The Kier molecular flexibility index (Phi) is 3.99. The number of carbonyl (C=O) groups is 1. The van der Waals surface area contributed by atoms with Gasteiger partial charge in [0.1, 0.15) is 0 Å². The second kappa shape index (κ2) is 5.69. The zero-order valence-electron chi connectivity index (χ0n) is 10.9. The summed E-state index contributed by atoms with van der Waals surface area (Å²) in [5.41, 5.74) is 2.43. The molecule has 18 heavy (non-hydrogen) atoms. The Bertz CT molecular complexity index is 545. The van der Waals surface area contributed by atoms with Gasteiger partial charge in [0.25, 0.3) is 0 Å². The van der Waals surface area contributed by atoms with Crippen LogP contribution in [0, 0.1) is 0 Å². The van der Waals surface area contributed by atoms with Crippen molar-refractivity contribution in [3.63, 3.8) is 0 Å². The fraction of sp³-hybridized carbons (Fsp3) is 0.357. The number of aryl methyl sites for hydroxylation is 1. The molecule has 2 rings (SSSR count). The SMILES string of the molecule is CCNC(=O)CNCc1cn(C)c2ccccc12. The van der Waals surface area contributed by atoms with Gasteiger partial charge in [0.05, 0.1) is 6.54 Å². The molecule has 0 atom stereocenters. The van der Waals surface area contributed by atoms with Gasteiger partial charge in [0.15, 0.2) is 0 Å². The average molecular weight is 245 g/mol. The second-order valence-electron chi connectivity index (χ2n) is 4.34. The van der Waals surface area contributed by atoms with Crippen LogP contribution >= 0.6 is 0 Å². The van der Waals surface area contributed by atoms with E-state index in [1.54, 1.807) is 0 Å². The van der Waals surface area contributed by atoms with Crippen molar-refractivity contribution >= 4 is 16.8 Å². The van der Waals surface area contributed by atoms with E-state index in [2.05, 4.69) is 33.5 Å². The van der Waals surface area contributed by atoms with Gasteiger partial charge in [-0.15, -0.1) is 0 Å². The van der Waals surface area contributed by atoms with Gasteiger partial charge in [-0.2, -0.15) is 0 Å². The van der Waals surface area contributed by atoms with E-state index in [0.717, 1.165) is 0 Å². The highest BCUT2D eigenvalue weighted by Crippen LogP contribution is 2.19. The molecule has 0 aliphatic rings. The predicted molar refractivity (Wildman–Crippen MR) is 73.3 cm³/mol. The monoisotopic (exact) mass is 245 g/mol. The van der Waals surface area contributed by atoms with E-state index in [9.17, 15) is 4.79 Å². The molecule has 96 valence electrons. The molecule has 0 aliphatic heterocycles. The van der Waals surface area contributed by atoms with Crippen LogP contribution in [0.1, 0.15) is 12.5 Å². The number of carbonyl (C=O) groups excluding carboxylic acids is 1. The minimum absolute atomic E-state index is 0.0396. The lowest BCUT2D eigenvalue weighted by atomic mass is 10.2. The third-order valence-corrected chi connectivity index (χ3v) is 2.95. The second-order valence-corrected chi connectivity index (χ2v) is 4.34. The molecule has 0 radical (unpaired) electrons. The molecule has 1 heterocycles. The number of likely N-dealkylation sites (N-methyl/N-ethyl adjacent to an activating group) is 1. The number of hydrogen-bond donors (Lipinski definition) is 2. The van der Waals surface area contributed by atoms with Gasteiger partial charge in [0.2, 0.25) is 5.91 Å². The molecule has 1 amide bonds. The number of nitrogens with one attached hydrogen (secondary N) is 2. The van der Waals surface area contributed by atoms with E-state index < -0.39 is 0 Å². The lowest BCUT2D eigenvalue weighted by molar-refractivity contribution is -0.120. The Morgan fingerprint density at radius 2 is 2.11 bits per heavy atom. The van der Waals surface area contributed by atoms with Crippen LogP contribution < -0.4 is 10.6 Å². The molecule has 4 nitrogen and oxygen atoms in total. The highest BCUT2D eigenvalue weighted by molar-refractivity contribution is 5.84. The van der Waals surface area contributed by atoms with Crippen LogP contribution in [0.25, 0.3) is 10.9 Å². The summed E-state index contributed by atoms with van der Waals surface area (Å²) in [5.74, 6) is 0.0396. The topological polar surface area (TPSA) is 46.1 Å². The van der Waals surface area contributed by atoms with E-state index in [-0.39, 0.29) is 5.91 Å². The summed E-state index contributed by atoms with van der Waals surface area (Å²) in [5, 5.41) is 7.17. The highest BCUT2D eigenvalue weighted by Gasteiger charge is 2.06. The van der Waals surface area contributed by atoms with Crippen LogP contribution in [-0.4, -0.2) is 23.6 Å². The van der Waals surface area contributed by atoms with E-state index in [1.165, 1.54) is 16.5 Å². The molecule has 2 N–H and O–H groups in total. The third-order valence-electron chi connectivity index (χ3n) is 2.95. The Hall–Kier alpha value is -1.81. The molecule has 2 aromatic rings. The van der Waals surface area contributed by atoms with Crippen molar-refractivity contribution in [3.8, 4) is 0 Å². The summed E-state index contributed by atoms with van der Waals surface area (Å²) in [7, 11) is 2.04. The summed E-state index contributed by atoms with van der Waals surface area (Å²) in [6.07, 6.45) is 2.11. The van der Waals surface area contributed by atoms with Crippen molar-refractivity contribution in [1.82, 2.24) is 15.2 Å². The number of para-hydroxylation sites is 1. The maximum atomic E-state index is 11.3.